The number of aliphatic hydroxyl groups excluding tert-OH is 1. The van der Waals surface area contributed by atoms with Crippen molar-refractivity contribution in [3.8, 4) is 0 Å². The van der Waals surface area contributed by atoms with Gasteiger partial charge in [-0.05, 0) is 49.7 Å². The summed E-state index contributed by atoms with van der Waals surface area (Å²) in [6.07, 6.45) is 4.00. The smallest absolute Gasteiger partial charge is 0.0541 e. The minimum Gasteiger partial charge on any atom is -0.393 e. The maximum absolute atomic E-state index is 9.53. The molecule has 1 aromatic rings. The van der Waals surface area contributed by atoms with Gasteiger partial charge in [0.2, 0.25) is 0 Å². The summed E-state index contributed by atoms with van der Waals surface area (Å²) in [4.78, 5) is 0. The van der Waals surface area contributed by atoms with E-state index < -0.39 is 0 Å². The van der Waals surface area contributed by atoms with Crippen molar-refractivity contribution in [1.29, 1.82) is 0 Å². The molecule has 1 saturated carbocycles. The highest BCUT2D eigenvalue weighted by Gasteiger charge is 2.20. The van der Waals surface area contributed by atoms with Gasteiger partial charge >= 0.3 is 0 Å². The summed E-state index contributed by atoms with van der Waals surface area (Å²) in [7, 11) is 0. The summed E-state index contributed by atoms with van der Waals surface area (Å²) in [5.41, 5.74) is 2.76. The maximum Gasteiger partial charge on any atom is 0.0541 e. The highest BCUT2D eigenvalue weighted by atomic mass is 16.3. The molecule has 0 aromatic heterocycles. The van der Waals surface area contributed by atoms with Crippen LogP contribution in [0.25, 0.3) is 0 Å². The lowest BCUT2D eigenvalue weighted by atomic mass is 9.92. The predicted molar refractivity (Wildman–Crippen MR) is 80.3 cm³/mol. The van der Waals surface area contributed by atoms with Gasteiger partial charge in [0.25, 0.3) is 0 Å². The molecule has 1 aliphatic carbocycles. The van der Waals surface area contributed by atoms with Crippen molar-refractivity contribution in [3.63, 3.8) is 0 Å². The molecule has 1 atom stereocenters. The average Bonchev–Trinajstić information content (AvgIpc) is 2.41. The van der Waals surface area contributed by atoms with Crippen molar-refractivity contribution in [3.05, 3.63) is 35.4 Å². The minimum absolute atomic E-state index is 0.0707. The predicted octanol–water partition coefficient (Wildman–Crippen LogP) is 3.76. The monoisotopic (exact) mass is 261 g/mol. The zero-order valence-corrected chi connectivity index (χ0v) is 12.4. The van der Waals surface area contributed by atoms with Crippen LogP contribution < -0.4 is 5.32 Å². The molecule has 0 bridgehead atoms. The zero-order chi connectivity index (χ0) is 13.8. The summed E-state index contributed by atoms with van der Waals surface area (Å²) in [6.45, 7) is 6.68. The van der Waals surface area contributed by atoms with Crippen LogP contribution in [0, 0.1) is 0 Å². The van der Waals surface area contributed by atoms with E-state index >= 15 is 0 Å². The Morgan fingerprint density at radius 2 is 1.47 bits per heavy atom. The van der Waals surface area contributed by atoms with Crippen LogP contribution in [0.15, 0.2) is 24.3 Å². The Morgan fingerprint density at radius 1 is 0.947 bits per heavy atom. The number of nitrogens with one attached hydrogen (secondary N) is 1. The van der Waals surface area contributed by atoms with Gasteiger partial charge in [0, 0.05) is 12.1 Å². The quantitative estimate of drug-likeness (QED) is 0.865. The molecule has 0 amide bonds. The van der Waals surface area contributed by atoms with Crippen molar-refractivity contribution in [1.82, 2.24) is 5.32 Å². The summed E-state index contributed by atoms with van der Waals surface area (Å²) >= 11 is 0. The van der Waals surface area contributed by atoms with Crippen molar-refractivity contribution in [2.75, 3.05) is 0 Å². The van der Waals surface area contributed by atoms with Crippen LogP contribution in [0.4, 0.5) is 0 Å². The lowest BCUT2D eigenvalue weighted by Crippen LogP contribution is -2.36. The molecule has 0 radical (unpaired) electrons. The fraction of sp³-hybridized carbons (Fsp3) is 0.647. The van der Waals surface area contributed by atoms with Crippen molar-refractivity contribution in [2.45, 2.75) is 70.6 Å². The summed E-state index contributed by atoms with van der Waals surface area (Å²) < 4.78 is 0. The Balaban J connectivity index is 1.90. The first-order valence-electron chi connectivity index (χ1n) is 7.60. The third-order valence-electron chi connectivity index (χ3n) is 4.29. The normalized spacial score (nSPS) is 25.5. The van der Waals surface area contributed by atoms with E-state index in [2.05, 4.69) is 50.4 Å². The largest absolute Gasteiger partial charge is 0.393 e. The van der Waals surface area contributed by atoms with Gasteiger partial charge in [0.1, 0.15) is 0 Å². The van der Waals surface area contributed by atoms with Crippen LogP contribution in [-0.4, -0.2) is 17.3 Å². The molecular formula is C17H27NO. The molecule has 1 unspecified atom stereocenters. The molecule has 2 rings (SSSR count). The van der Waals surface area contributed by atoms with E-state index in [0.29, 0.717) is 18.0 Å². The molecule has 0 aliphatic heterocycles. The van der Waals surface area contributed by atoms with E-state index in [9.17, 15) is 5.11 Å². The van der Waals surface area contributed by atoms with Gasteiger partial charge in [0.15, 0.2) is 0 Å². The summed E-state index contributed by atoms with van der Waals surface area (Å²) in [5.74, 6) is 0.595. The molecule has 1 aliphatic rings. The van der Waals surface area contributed by atoms with Gasteiger partial charge in [-0.15, -0.1) is 0 Å². The van der Waals surface area contributed by atoms with Gasteiger partial charge in [-0.25, -0.2) is 0 Å². The van der Waals surface area contributed by atoms with Gasteiger partial charge in [-0.2, -0.15) is 0 Å². The number of aliphatic hydroxyl groups is 1. The van der Waals surface area contributed by atoms with Crippen LogP contribution in [0.2, 0.25) is 0 Å². The Kier molecular flexibility index (Phi) is 5.00. The number of rotatable bonds is 4. The van der Waals surface area contributed by atoms with Crippen LogP contribution in [-0.2, 0) is 0 Å². The molecule has 1 aromatic carbocycles. The number of hydrogen-bond donors (Lipinski definition) is 2. The topological polar surface area (TPSA) is 32.3 Å². The van der Waals surface area contributed by atoms with Crippen LogP contribution >= 0.6 is 0 Å². The van der Waals surface area contributed by atoms with Crippen LogP contribution in [0.5, 0.6) is 0 Å². The first-order valence-corrected chi connectivity index (χ1v) is 7.60. The van der Waals surface area contributed by atoms with Crippen LogP contribution in [0.3, 0.4) is 0 Å². The second kappa shape index (κ2) is 6.53. The molecule has 19 heavy (non-hydrogen) atoms. The van der Waals surface area contributed by atoms with Gasteiger partial charge in [-0.3, -0.25) is 0 Å². The highest BCUT2D eigenvalue weighted by Crippen LogP contribution is 2.23. The Bertz CT molecular complexity index is 377. The summed E-state index contributed by atoms with van der Waals surface area (Å²) in [6, 6.07) is 9.91. The molecule has 0 spiro atoms. The lowest BCUT2D eigenvalue weighted by molar-refractivity contribution is 0.114. The molecule has 1 fully saturated rings. The van der Waals surface area contributed by atoms with Crippen molar-refractivity contribution < 1.29 is 5.11 Å². The van der Waals surface area contributed by atoms with Crippen molar-refractivity contribution >= 4 is 0 Å². The Hall–Kier alpha value is -0.860. The first-order chi connectivity index (χ1) is 9.06. The second-order valence-corrected chi connectivity index (χ2v) is 6.22. The fourth-order valence-electron chi connectivity index (χ4n) is 2.86. The molecule has 106 valence electrons. The SMILES string of the molecule is CC(C)c1ccc(C(C)NC2CCC(O)CC2)cc1. The van der Waals surface area contributed by atoms with E-state index in [1.807, 2.05) is 0 Å². The van der Waals surface area contributed by atoms with E-state index in [0.717, 1.165) is 25.7 Å². The third-order valence-corrected chi connectivity index (χ3v) is 4.29. The second-order valence-electron chi connectivity index (χ2n) is 6.22. The Labute approximate surface area is 117 Å². The number of benzene rings is 1. The first kappa shape index (κ1) is 14.5. The summed E-state index contributed by atoms with van der Waals surface area (Å²) in [5, 5.41) is 13.2. The van der Waals surface area contributed by atoms with Gasteiger partial charge in [-0.1, -0.05) is 38.1 Å². The van der Waals surface area contributed by atoms with E-state index in [-0.39, 0.29) is 6.10 Å². The lowest BCUT2D eigenvalue weighted by Gasteiger charge is -2.29. The third kappa shape index (κ3) is 4.05. The van der Waals surface area contributed by atoms with Gasteiger partial charge < -0.3 is 10.4 Å². The number of hydrogen-bond acceptors (Lipinski definition) is 2. The fourth-order valence-corrected chi connectivity index (χ4v) is 2.86. The Morgan fingerprint density at radius 3 is 2.00 bits per heavy atom. The van der Waals surface area contributed by atoms with E-state index in [4.69, 9.17) is 0 Å². The standard InChI is InChI=1S/C17H27NO/c1-12(2)14-4-6-15(7-5-14)13(3)18-16-8-10-17(19)11-9-16/h4-7,12-13,16-19H,8-11H2,1-3H3. The van der Waals surface area contributed by atoms with E-state index in [1.165, 1.54) is 11.1 Å². The average molecular weight is 261 g/mol. The molecule has 2 nitrogen and oxygen atoms in total. The van der Waals surface area contributed by atoms with Gasteiger partial charge in [0.05, 0.1) is 6.10 Å². The maximum atomic E-state index is 9.53. The molecule has 2 heteroatoms. The van der Waals surface area contributed by atoms with E-state index in [1.54, 1.807) is 0 Å². The minimum atomic E-state index is -0.0707. The highest BCUT2D eigenvalue weighted by molar-refractivity contribution is 5.26. The van der Waals surface area contributed by atoms with Crippen LogP contribution in [0.1, 0.15) is 69.5 Å². The van der Waals surface area contributed by atoms with Crippen molar-refractivity contribution in [2.24, 2.45) is 0 Å². The molecular weight excluding hydrogens is 234 g/mol. The molecule has 2 N–H and O–H groups in total. The zero-order valence-electron chi connectivity index (χ0n) is 12.4. The molecule has 0 heterocycles. The molecule has 0 saturated heterocycles.